The van der Waals surface area contributed by atoms with Gasteiger partial charge in [-0.15, -0.1) is 0 Å². The number of unbranched alkanes of at least 4 members (excludes halogenated alkanes) is 2. The van der Waals surface area contributed by atoms with E-state index in [0.717, 1.165) is 23.2 Å². The van der Waals surface area contributed by atoms with Gasteiger partial charge < -0.3 is 9.47 Å². The van der Waals surface area contributed by atoms with Crippen molar-refractivity contribution in [3.05, 3.63) is 23.3 Å². The molecule has 0 saturated carbocycles. The molecule has 1 aromatic carbocycles. The summed E-state index contributed by atoms with van der Waals surface area (Å²) in [6.07, 6.45) is 7.45. The lowest BCUT2D eigenvalue weighted by Gasteiger charge is -2.30. The van der Waals surface area contributed by atoms with Crippen molar-refractivity contribution < 1.29 is 9.47 Å². The van der Waals surface area contributed by atoms with E-state index in [-0.39, 0.29) is 4.75 Å². The van der Waals surface area contributed by atoms with Crippen LogP contribution in [-0.4, -0.2) is 25.3 Å². The number of rotatable bonds is 7. The van der Waals surface area contributed by atoms with E-state index < -0.39 is 0 Å². The minimum absolute atomic E-state index is 0.192. The van der Waals surface area contributed by atoms with E-state index in [1.54, 1.807) is 14.2 Å². The van der Waals surface area contributed by atoms with Gasteiger partial charge in [0.05, 0.1) is 14.2 Å². The number of hydrogen-bond donors (Lipinski definition) is 0. The molecule has 2 rings (SSSR count). The molecule has 0 bridgehead atoms. The highest BCUT2D eigenvalue weighted by atomic mass is 79.9. The maximum atomic E-state index is 5.54. The molecule has 1 heterocycles. The van der Waals surface area contributed by atoms with Crippen LogP contribution in [0.25, 0.3) is 0 Å². The summed E-state index contributed by atoms with van der Waals surface area (Å²) in [4.78, 5) is 0. The van der Waals surface area contributed by atoms with Crippen molar-refractivity contribution in [3.8, 4) is 11.5 Å². The maximum Gasteiger partial charge on any atom is 0.161 e. The molecule has 124 valence electrons. The van der Waals surface area contributed by atoms with Crippen molar-refractivity contribution in [1.82, 2.24) is 0 Å². The van der Waals surface area contributed by atoms with Crippen LogP contribution >= 0.6 is 27.7 Å². The fourth-order valence-electron chi connectivity index (χ4n) is 3.20. The molecule has 0 aliphatic carbocycles. The molecule has 0 fully saturated rings. The average molecular weight is 387 g/mol. The topological polar surface area (TPSA) is 18.5 Å². The Morgan fingerprint density at radius 2 is 1.86 bits per heavy atom. The molecule has 1 aliphatic rings. The van der Waals surface area contributed by atoms with E-state index >= 15 is 0 Å². The summed E-state index contributed by atoms with van der Waals surface area (Å²) in [5.74, 6) is 2.94. The fourth-order valence-corrected chi connectivity index (χ4v) is 4.97. The van der Waals surface area contributed by atoms with Crippen molar-refractivity contribution in [2.75, 3.05) is 25.3 Å². The number of benzene rings is 1. The van der Waals surface area contributed by atoms with E-state index in [1.165, 1.54) is 49.0 Å². The molecule has 1 aromatic rings. The van der Waals surface area contributed by atoms with Gasteiger partial charge in [-0.3, -0.25) is 0 Å². The van der Waals surface area contributed by atoms with E-state index in [9.17, 15) is 0 Å². The van der Waals surface area contributed by atoms with Gasteiger partial charge in [-0.25, -0.2) is 0 Å². The Hall–Kier alpha value is -0.350. The molecule has 0 aromatic heterocycles. The lowest BCUT2D eigenvalue weighted by atomic mass is 9.88. The first-order valence-corrected chi connectivity index (χ1v) is 10.2. The van der Waals surface area contributed by atoms with Crippen LogP contribution in [0, 0.1) is 0 Å². The van der Waals surface area contributed by atoms with Crippen LogP contribution in [0.5, 0.6) is 11.5 Å². The summed E-state index contributed by atoms with van der Waals surface area (Å²) >= 11 is 5.64. The lowest BCUT2D eigenvalue weighted by molar-refractivity contribution is 0.353. The van der Waals surface area contributed by atoms with Crippen LogP contribution in [0.3, 0.4) is 0 Å². The Morgan fingerprint density at radius 1 is 1.14 bits per heavy atom. The van der Waals surface area contributed by atoms with Crippen LogP contribution in [0.4, 0.5) is 0 Å². The molecule has 0 spiro atoms. The van der Waals surface area contributed by atoms with E-state index in [4.69, 9.17) is 9.47 Å². The minimum atomic E-state index is 0.192. The van der Waals surface area contributed by atoms with Crippen molar-refractivity contribution in [2.45, 2.75) is 50.2 Å². The average Bonchev–Trinajstić information content (AvgIpc) is 2.70. The van der Waals surface area contributed by atoms with Gasteiger partial charge in [0.2, 0.25) is 0 Å². The van der Waals surface area contributed by atoms with Crippen LogP contribution in [0.15, 0.2) is 12.1 Å². The summed E-state index contributed by atoms with van der Waals surface area (Å²) in [7, 11) is 3.44. The van der Waals surface area contributed by atoms with Crippen molar-refractivity contribution in [1.29, 1.82) is 0 Å². The predicted molar refractivity (Wildman–Crippen MR) is 99.9 cm³/mol. The Kier molecular flexibility index (Phi) is 6.94. The Labute approximate surface area is 147 Å². The van der Waals surface area contributed by atoms with Gasteiger partial charge in [0.1, 0.15) is 0 Å². The monoisotopic (exact) mass is 386 g/mol. The second-order valence-electron chi connectivity index (χ2n) is 6.05. The first-order valence-electron chi connectivity index (χ1n) is 8.10. The number of halogens is 1. The third kappa shape index (κ3) is 4.14. The van der Waals surface area contributed by atoms with Crippen molar-refractivity contribution in [2.24, 2.45) is 0 Å². The fraction of sp³-hybridized carbons (Fsp3) is 0.667. The van der Waals surface area contributed by atoms with Crippen LogP contribution < -0.4 is 9.47 Å². The highest BCUT2D eigenvalue weighted by Gasteiger charge is 2.32. The first kappa shape index (κ1) is 18.0. The summed E-state index contributed by atoms with van der Waals surface area (Å²) in [5.41, 5.74) is 2.89. The molecule has 22 heavy (non-hydrogen) atoms. The molecule has 0 N–H and O–H groups in total. The van der Waals surface area contributed by atoms with Gasteiger partial charge in [-0.1, -0.05) is 28.8 Å². The number of thioether (sulfide) groups is 1. The summed E-state index contributed by atoms with van der Waals surface area (Å²) < 4.78 is 11.2. The third-order valence-electron chi connectivity index (χ3n) is 4.48. The number of aryl methyl sites for hydroxylation is 1. The summed E-state index contributed by atoms with van der Waals surface area (Å²) in [6, 6.07) is 4.41. The van der Waals surface area contributed by atoms with Gasteiger partial charge in [0.25, 0.3) is 0 Å². The van der Waals surface area contributed by atoms with Crippen molar-refractivity contribution in [3.63, 3.8) is 0 Å². The molecule has 1 unspecified atom stereocenters. The van der Waals surface area contributed by atoms with Crippen molar-refractivity contribution >= 4 is 27.7 Å². The predicted octanol–water partition coefficient (Wildman–Crippen LogP) is 5.55. The highest BCUT2D eigenvalue weighted by Crippen LogP contribution is 2.47. The molecule has 4 heteroatoms. The van der Waals surface area contributed by atoms with Gasteiger partial charge >= 0.3 is 0 Å². The zero-order chi connectivity index (χ0) is 16.0. The van der Waals surface area contributed by atoms with Crippen LogP contribution in [0.1, 0.15) is 50.2 Å². The number of methoxy groups -OCH3 is 2. The standard InChI is InChI=1S/C18H27BrO2S/c1-18(9-5-4-6-10-19)15-13-17(21-3)16(20-2)12-14(15)8-7-11-22-18/h12-13H,4-11H2,1-3H3. The van der Waals surface area contributed by atoms with Crippen LogP contribution in [0.2, 0.25) is 0 Å². The molecule has 0 amide bonds. The number of fused-ring (bicyclic) bond motifs is 1. The molecular weight excluding hydrogens is 360 g/mol. The lowest BCUT2D eigenvalue weighted by Crippen LogP contribution is -2.19. The SMILES string of the molecule is COc1cc2c(cc1OC)C(C)(CCCCCBr)SCCC2. The number of ether oxygens (including phenoxy) is 2. The molecule has 0 saturated heterocycles. The van der Waals surface area contributed by atoms with Crippen LogP contribution in [-0.2, 0) is 11.2 Å². The number of alkyl halides is 1. The molecular formula is C18H27BrO2S. The zero-order valence-electron chi connectivity index (χ0n) is 13.9. The van der Waals surface area contributed by atoms with E-state index in [0.29, 0.717) is 0 Å². The molecule has 1 atom stereocenters. The van der Waals surface area contributed by atoms with E-state index in [1.807, 2.05) is 0 Å². The maximum absolute atomic E-state index is 5.54. The Balaban J connectivity index is 2.30. The summed E-state index contributed by atoms with van der Waals surface area (Å²) in [6.45, 7) is 2.40. The summed E-state index contributed by atoms with van der Waals surface area (Å²) in [5, 5.41) is 1.11. The third-order valence-corrected chi connectivity index (χ3v) is 6.59. The zero-order valence-corrected chi connectivity index (χ0v) is 16.3. The number of hydrogen-bond acceptors (Lipinski definition) is 3. The quantitative estimate of drug-likeness (QED) is 0.451. The van der Waals surface area contributed by atoms with Gasteiger partial charge in [-0.05, 0) is 61.6 Å². The Morgan fingerprint density at radius 3 is 2.55 bits per heavy atom. The Bertz CT molecular complexity index is 492. The van der Waals surface area contributed by atoms with Gasteiger partial charge in [0, 0.05) is 10.1 Å². The highest BCUT2D eigenvalue weighted by molar-refractivity contribution is 9.09. The van der Waals surface area contributed by atoms with Gasteiger partial charge in [-0.2, -0.15) is 11.8 Å². The van der Waals surface area contributed by atoms with Gasteiger partial charge in [0.15, 0.2) is 11.5 Å². The molecule has 1 aliphatic heterocycles. The second kappa shape index (κ2) is 8.49. The largest absolute Gasteiger partial charge is 0.493 e. The molecule has 0 radical (unpaired) electrons. The molecule has 2 nitrogen and oxygen atoms in total. The van der Waals surface area contributed by atoms with E-state index in [2.05, 4.69) is 46.7 Å². The smallest absolute Gasteiger partial charge is 0.161 e. The normalized spacial score (nSPS) is 21.1. The minimum Gasteiger partial charge on any atom is -0.493 e. The first-order chi connectivity index (χ1) is 10.6. The second-order valence-corrected chi connectivity index (χ2v) is 8.44.